The van der Waals surface area contributed by atoms with Gasteiger partial charge in [-0.2, -0.15) is 0 Å². The van der Waals surface area contributed by atoms with Gasteiger partial charge in [-0.25, -0.2) is 9.97 Å². The van der Waals surface area contributed by atoms with Crippen LogP contribution >= 0.6 is 0 Å². The van der Waals surface area contributed by atoms with Crippen LogP contribution in [0.25, 0.3) is 0 Å². The van der Waals surface area contributed by atoms with Crippen LogP contribution in [0.15, 0.2) is 12.4 Å². The summed E-state index contributed by atoms with van der Waals surface area (Å²) in [5.41, 5.74) is 1.21. The molecular weight excluding hydrogens is 296 g/mol. The highest BCUT2D eigenvalue weighted by molar-refractivity contribution is 5.42. The van der Waals surface area contributed by atoms with Gasteiger partial charge in [-0.15, -0.1) is 0 Å². The normalized spacial score (nSPS) is 21.8. The Bertz CT molecular complexity index is 448. The summed E-state index contributed by atoms with van der Waals surface area (Å²) in [7, 11) is 0. The molecular formula is C20H34N4. The molecule has 3 rings (SSSR count). The number of aromatic nitrogens is 2. The van der Waals surface area contributed by atoms with Crippen LogP contribution in [0, 0.1) is 11.8 Å². The number of likely N-dealkylation sites (tertiary alicyclic amines) is 1. The Kier molecular flexibility index (Phi) is 5.75. The van der Waals surface area contributed by atoms with Crippen molar-refractivity contribution in [3.8, 4) is 0 Å². The highest BCUT2D eigenvalue weighted by atomic mass is 15.2. The summed E-state index contributed by atoms with van der Waals surface area (Å²) in [4.78, 5) is 14.5. The van der Waals surface area contributed by atoms with Gasteiger partial charge >= 0.3 is 0 Å². The molecule has 4 heteroatoms. The summed E-state index contributed by atoms with van der Waals surface area (Å²) in [5, 5.41) is 0. The molecule has 1 aromatic rings. The Balaban J connectivity index is 1.55. The molecule has 0 amide bonds. The van der Waals surface area contributed by atoms with E-state index in [-0.39, 0.29) is 0 Å². The van der Waals surface area contributed by atoms with Crippen molar-refractivity contribution in [3.63, 3.8) is 0 Å². The lowest BCUT2D eigenvalue weighted by Gasteiger charge is -2.35. The summed E-state index contributed by atoms with van der Waals surface area (Å²) in [6.07, 6.45) is 9.11. The van der Waals surface area contributed by atoms with E-state index in [1.165, 1.54) is 44.5 Å². The van der Waals surface area contributed by atoms with Crippen LogP contribution in [0.3, 0.4) is 0 Å². The lowest BCUT2D eigenvalue weighted by atomic mass is 9.86. The highest BCUT2D eigenvalue weighted by Crippen LogP contribution is 2.29. The maximum absolute atomic E-state index is 4.73. The summed E-state index contributed by atoms with van der Waals surface area (Å²) in [6, 6.07) is 0.656. The van der Waals surface area contributed by atoms with Crippen LogP contribution in [0.1, 0.15) is 65.1 Å². The molecule has 0 spiro atoms. The van der Waals surface area contributed by atoms with Crippen LogP contribution in [-0.2, 0) is 0 Å². The Labute approximate surface area is 147 Å². The molecule has 3 heterocycles. The summed E-state index contributed by atoms with van der Waals surface area (Å²) in [5.74, 6) is 3.29. The minimum Gasteiger partial charge on any atom is -0.369 e. The first kappa shape index (κ1) is 17.7. The van der Waals surface area contributed by atoms with E-state index >= 15 is 0 Å². The van der Waals surface area contributed by atoms with Crippen LogP contribution < -0.4 is 4.90 Å². The number of anilines is 1. The van der Waals surface area contributed by atoms with Crippen LogP contribution in [0.2, 0.25) is 0 Å². The van der Waals surface area contributed by atoms with Crippen molar-refractivity contribution < 1.29 is 0 Å². The molecule has 4 nitrogen and oxygen atoms in total. The molecule has 0 aromatic carbocycles. The van der Waals surface area contributed by atoms with E-state index in [0.717, 1.165) is 30.7 Å². The minimum absolute atomic E-state index is 0.542. The van der Waals surface area contributed by atoms with Crippen molar-refractivity contribution in [2.75, 3.05) is 31.1 Å². The zero-order valence-electron chi connectivity index (χ0n) is 15.9. The van der Waals surface area contributed by atoms with E-state index in [1.54, 1.807) is 0 Å². The van der Waals surface area contributed by atoms with E-state index in [1.807, 2.05) is 0 Å². The molecule has 0 aliphatic carbocycles. The van der Waals surface area contributed by atoms with Crippen LogP contribution in [-0.4, -0.2) is 47.1 Å². The first-order chi connectivity index (χ1) is 11.5. The van der Waals surface area contributed by atoms with Gasteiger partial charge in [-0.05, 0) is 64.5 Å². The van der Waals surface area contributed by atoms with Crippen molar-refractivity contribution in [1.29, 1.82) is 0 Å². The third-order valence-corrected chi connectivity index (χ3v) is 6.13. The molecule has 2 saturated heterocycles. The topological polar surface area (TPSA) is 32.3 Å². The number of hydrogen-bond donors (Lipinski definition) is 0. The average molecular weight is 331 g/mol. The average Bonchev–Trinajstić information content (AvgIpc) is 2.62. The first-order valence-corrected chi connectivity index (χ1v) is 9.85. The van der Waals surface area contributed by atoms with Crippen LogP contribution in [0.5, 0.6) is 0 Å². The first-order valence-electron chi connectivity index (χ1n) is 9.85. The molecule has 2 fully saturated rings. The standard InChI is InChI=1S/C20H34N4/c1-15(2)17-5-11-24(12-6-17)19-13-21-20(22-14-19)18-7-9-23(10-8-18)16(3)4/h13-18H,5-12H2,1-4H3. The monoisotopic (exact) mass is 330 g/mol. The maximum Gasteiger partial charge on any atom is 0.131 e. The second kappa shape index (κ2) is 7.81. The maximum atomic E-state index is 4.73. The molecule has 0 atom stereocenters. The van der Waals surface area contributed by atoms with E-state index in [2.05, 4.69) is 49.9 Å². The summed E-state index contributed by atoms with van der Waals surface area (Å²) in [6.45, 7) is 13.9. The van der Waals surface area contributed by atoms with Crippen molar-refractivity contribution in [2.24, 2.45) is 11.8 Å². The quantitative estimate of drug-likeness (QED) is 0.837. The van der Waals surface area contributed by atoms with Gasteiger partial charge < -0.3 is 9.80 Å². The highest BCUT2D eigenvalue weighted by Gasteiger charge is 2.25. The Morgan fingerprint density at radius 1 is 0.875 bits per heavy atom. The predicted octanol–water partition coefficient (Wildman–Crippen LogP) is 3.94. The molecule has 0 radical (unpaired) electrons. The zero-order valence-corrected chi connectivity index (χ0v) is 15.9. The van der Waals surface area contributed by atoms with Crippen LogP contribution in [0.4, 0.5) is 5.69 Å². The fourth-order valence-electron chi connectivity index (χ4n) is 4.20. The summed E-state index contributed by atoms with van der Waals surface area (Å²) >= 11 is 0. The fourth-order valence-corrected chi connectivity index (χ4v) is 4.20. The molecule has 0 N–H and O–H groups in total. The lowest BCUT2D eigenvalue weighted by Crippen LogP contribution is -2.38. The van der Waals surface area contributed by atoms with Crippen molar-refractivity contribution >= 4 is 5.69 Å². The molecule has 24 heavy (non-hydrogen) atoms. The van der Waals surface area contributed by atoms with Gasteiger partial charge in [-0.3, -0.25) is 0 Å². The molecule has 2 aliphatic heterocycles. The van der Waals surface area contributed by atoms with Gasteiger partial charge in [-0.1, -0.05) is 13.8 Å². The number of piperidine rings is 2. The molecule has 0 unspecified atom stereocenters. The van der Waals surface area contributed by atoms with Gasteiger partial charge in [0.2, 0.25) is 0 Å². The molecule has 0 bridgehead atoms. The van der Waals surface area contributed by atoms with E-state index in [4.69, 9.17) is 9.97 Å². The van der Waals surface area contributed by atoms with Crippen molar-refractivity contribution in [1.82, 2.24) is 14.9 Å². The Morgan fingerprint density at radius 2 is 1.46 bits per heavy atom. The summed E-state index contributed by atoms with van der Waals surface area (Å²) < 4.78 is 0. The molecule has 1 aromatic heterocycles. The SMILES string of the molecule is CC(C)C1CCN(c2cnc(C3CCN(C(C)C)CC3)nc2)CC1. The van der Waals surface area contributed by atoms with Gasteiger partial charge in [0, 0.05) is 25.0 Å². The second-order valence-corrected chi connectivity index (χ2v) is 8.27. The van der Waals surface area contributed by atoms with E-state index < -0.39 is 0 Å². The molecule has 0 saturated carbocycles. The number of hydrogen-bond acceptors (Lipinski definition) is 4. The Hall–Kier alpha value is -1.16. The van der Waals surface area contributed by atoms with Gasteiger partial charge in [0.25, 0.3) is 0 Å². The number of rotatable bonds is 4. The lowest BCUT2D eigenvalue weighted by molar-refractivity contribution is 0.169. The third-order valence-electron chi connectivity index (χ3n) is 6.13. The second-order valence-electron chi connectivity index (χ2n) is 8.27. The fraction of sp³-hybridized carbons (Fsp3) is 0.800. The van der Waals surface area contributed by atoms with Crippen molar-refractivity contribution in [2.45, 2.75) is 65.3 Å². The number of nitrogens with zero attached hydrogens (tertiary/aromatic N) is 4. The van der Waals surface area contributed by atoms with E-state index in [0.29, 0.717) is 12.0 Å². The van der Waals surface area contributed by atoms with E-state index in [9.17, 15) is 0 Å². The molecule has 134 valence electrons. The van der Waals surface area contributed by atoms with Gasteiger partial charge in [0.15, 0.2) is 0 Å². The van der Waals surface area contributed by atoms with Crippen molar-refractivity contribution in [3.05, 3.63) is 18.2 Å². The largest absolute Gasteiger partial charge is 0.369 e. The smallest absolute Gasteiger partial charge is 0.131 e. The Morgan fingerprint density at radius 3 is 1.96 bits per heavy atom. The zero-order chi connectivity index (χ0) is 17.1. The third kappa shape index (κ3) is 4.08. The van der Waals surface area contributed by atoms with Gasteiger partial charge in [0.05, 0.1) is 18.1 Å². The van der Waals surface area contributed by atoms with Gasteiger partial charge in [0.1, 0.15) is 5.82 Å². The predicted molar refractivity (Wildman–Crippen MR) is 100 cm³/mol. The molecule has 2 aliphatic rings. The minimum atomic E-state index is 0.542.